The number of carbonyl (C=O) groups is 1. The molecule has 0 unspecified atom stereocenters. The van der Waals surface area contributed by atoms with Gasteiger partial charge in [0.2, 0.25) is 0 Å². The van der Waals surface area contributed by atoms with E-state index in [9.17, 15) is 23.5 Å². The van der Waals surface area contributed by atoms with Gasteiger partial charge in [0.25, 0.3) is 5.56 Å². The third kappa shape index (κ3) is 5.15. The second kappa shape index (κ2) is 11.0. The van der Waals surface area contributed by atoms with Gasteiger partial charge in [-0.3, -0.25) is 9.36 Å². The van der Waals surface area contributed by atoms with Gasteiger partial charge in [0.05, 0.1) is 30.2 Å². The van der Waals surface area contributed by atoms with Crippen LogP contribution in [0.4, 0.5) is 13.6 Å². The number of benzene rings is 2. The lowest BCUT2D eigenvalue weighted by atomic mass is 9.66. The van der Waals surface area contributed by atoms with Crippen LogP contribution in [-0.4, -0.2) is 68.8 Å². The van der Waals surface area contributed by atoms with Gasteiger partial charge < -0.3 is 20.2 Å². The van der Waals surface area contributed by atoms with E-state index < -0.39 is 28.7 Å². The first-order valence-electron chi connectivity index (χ1n) is 14.3. The zero-order valence-corrected chi connectivity index (χ0v) is 22.9. The minimum absolute atomic E-state index is 0.104. The Morgan fingerprint density at radius 3 is 2.56 bits per heavy atom. The molecule has 2 N–H and O–H groups in total. The van der Waals surface area contributed by atoms with Crippen LogP contribution in [0.15, 0.2) is 65.7 Å². The van der Waals surface area contributed by atoms with Gasteiger partial charge >= 0.3 is 6.03 Å². The molecule has 8 nitrogen and oxygen atoms in total. The van der Waals surface area contributed by atoms with E-state index in [1.54, 1.807) is 9.80 Å². The summed E-state index contributed by atoms with van der Waals surface area (Å²) in [5.41, 5.74) is -0.278. The molecule has 6 rings (SSSR count). The molecule has 216 valence electrons. The van der Waals surface area contributed by atoms with Crippen molar-refractivity contribution in [3.63, 3.8) is 0 Å². The van der Waals surface area contributed by atoms with Gasteiger partial charge in [-0.1, -0.05) is 49.2 Å². The van der Waals surface area contributed by atoms with E-state index in [0.717, 1.165) is 37.3 Å². The standard InChI is InChI=1S/C31H35F2N5O3/c32-23-8-9-24(25(33)16-23)27-18-34-13-15-38(27)29(40)36-14-12-31(41,30(19-36)10-4-5-11-30)20-37-21-35-26(17-28(37)39)22-6-2-1-3-7-22/h1-3,6-9,16-17,21,27,34,41H,4-5,10-15,18-20H2/t27-,31+/m0/s1. The number of nitrogens with zero attached hydrogens (tertiary/aromatic N) is 4. The van der Waals surface area contributed by atoms with Crippen molar-refractivity contribution in [2.45, 2.75) is 50.3 Å². The zero-order chi connectivity index (χ0) is 28.6. The van der Waals surface area contributed by atoms with Crippen LogP contribution in [0.2, 0.25) is 0 Å². The van der Waals surface area contributed by atoms with E-state index >= 15 is 0 Å². The predicted octanol–water partition coefficient (Wildman–Crippen LogP) is 3.95. The topological polar surface area (TPSA) is 90.7 Å². The van der Waals surface area contributed by atoms with E-state index in [1.807, 2.05) is 30.3 Å². The Kier molecular flexibility index (Phi) is 7.37. The maximum Gasteiger partial charge on any atom is 0.320 e. The molecule has 2 atom stereocenters. The Bertz CT molecular complexity index is 1480. The first-order valence-corrected chi connectivity index (χ1v) is 14.3. The van der Waals surface area contributed by atoms with Crippen molar-refractivity contribution in [2.24, 2.45) is 5.41 Å². The number of nitrogens with one attached hydrogen (secondary N) is 1. The molecular formula is C31H35F2N5O3. The fourth-order valence-electron chi connectivity index (χ4n) is 7.02. The summed E-state index contributed by atoms with van der Waals surface area (Å²) < 4.78 is 29.8. The minimum atomic E-state index is -1.19. The van der Waals surface area contributed by atoms with Gasteiger partial charge in [-0.2, -0.15) is 0 Å². The monoisotopic (exact) mass is 563 g/mol. The molecule has 10 heteroatoms. The normalized spacial score (nSPS) is 24.1. The summed E-state index contributed by atoms with van der Waals surface area (Å²) in [6.07, 6.45) is 5.17. The van der Waals surface area contributed by atoms with Crippen LogP contribution in [0, 0.1) is 17.0 Å². The largest absolute Gasteiger partial charge is 0.387 e. The fourth-order valence-corrected chi connectivity index (χ4v) is 7.02. The van der Waals surface area contributed by atoms with Gasteiger partial charge in [-0.25, -0.2) is 18.6 Å². The van der Waals surface area contributed by atoms with Gasteiger partial charge in [0, 0.05) is 61.4 Å². The summed E-state index contributed by atoms with van der Waals surface area (Å²) in [7, 11) is 0. The Morgan fingerprint density at radius 2 is 1.83 bits per heavy atom. The van der Waals surface area contributed by atoms with E-state index in [2.05, 4.69) is 10.3 Å². The van der Waals surface area contributed by atoms with Gasteiger partial charge in [-0.05, 0) is 25.3 Å². The number of amides is 2. The number of hydrogen-bond acceptors (Lipinski definition) is 5. The number of aliphatic hydroxyl groups is 1. The van der Waals surface area contributed by atoms with Gasteiger partial charge in [0.15, 0.2) is 0 Å². The van der Waals surface area contributed by atoms with Gasteiger partial charge in [-0.15, -0.1) is 0 Å². The predicted molar refractivity (Wildman–Crippen MR) is 150 cm³/mol. The summed E-state index contributed by atoms with van der Waals surface area (Å²) in [6.45, 7) is 2.10. The molecule has 0 radical (unpaired) electrons. The van der Waals surface area contributed by atoms with Crippen LogP contribution in [0.1, 0.15) is 43.7 Å². The number of aromatic nitrogens is 2. The zero-order valence-electron chi connectivity index (χ0n) is 22.9. The quantitative estimate of drug-likeness (QED) is 0.502. The molecule has 3 aromatic rings. The highest BCUT2D eigenvalue weighted by Crippen LogP contribution is 2.51. The van der Waals surface area contributed by atoms with Crippen LogP contribution in [0.25, 0.3) is 11.3 Å². The summed E-state index contributed by atoms with van der Waals surface area (Å²) in [6, 6.07) is 13.7. The number of urea groups is 1. The van der Waals surface area contributed by atoms with E-state index in [4.69, 9.17) is 0 Å². The summed E-state index contributed by atoms with van der Waals surface area (Å²) in [5.74, 6) is -1.33. The lowest BCUT2D eigenvalue weighted by Crippen LogP contribution is -2.64. The second-order valence-electron chi connectivity index (χ2n) is 11.7. The van der Waals surface area contributed by atoms with E-state index in [1.165, 1.54) is 29.1 Å². The highest BCUT2D eigenvalue weighted by molar-refractivity contribution is 5.75. The van der Waals surface area contributed by atoms with Crippen molar-refractivity contribution in [2.75, 3.05) is 32.7 Å². The van der Waals surface area contributed by atoms with Crippen molar-refractivity contribution < 1.29 is 18.7 Å². The maximum atomic E-state index is 14.7. The first-order chi connectivity index (χ1) is 19.8. The van der Waals surface area contributed by atoms with Gasteiger partial charge in [0.1, 0.15) is 11.6 Å². The van der Waals surface area contributed by atoms with Crippen molar-refractivity contribution >= 4 is 6.03 Å². The lowest BCUT2D eigenvalue weighted by molar-refractivity contribution is -0.137. The molecule has 1 aliphatic carbocycles. The van der Waals surface area contributed by atoms with Crippen molar-refractivity contribution in [3.05, 3.63) is 88.5 Å². The first kappa shape index (κ1) is 27.5. The van der Waals surface area contributed by atoms with Crippen molar-refractivity contribution in [1.82, 2.24) is 24.7 Å². The highest BCUT2D eigenvalue weighted by Gasteiger charge is 2.56. The second-order valence-corrected chi connectivity index (χ2v) is 11.7. The molecule has 1 aromatic heterocycles. The molecule has 2 saturated heterocycles. The number of rotatable bonds is 4. The Balaban J connectivity index is 1.23. The highest BCUT2D eigenvalue weighted by atomic mass is 19.1. The van der Waals surface area contributed by atoms with Crippen LogP contribution < -0.4 is 10.9 Å². The van der Waals surface area contributed by atoms with Crippen molar-refractivity contribution in [3.8, 4) is 11.3 Å². The average Bonchev–Trinajstić information content (AvgIpc) is 3.46. The molecule has 1 spiro atoms. The molecule has 2 amide bonds. The van der Waals surface area contributed by atoms with Crippen LogP contribution in [0.5, 0.6) is 0 Å². The molecule has 3 heterocycles. The number of halogens is 2. The number of piperazine rings is 1. The van der Waals surface area contributed by atoms with Crippen LogP contribution in [0.3, 0.4) is 0 Å². The number of carbonyl (C=O) groups excluding carboxylic acids is 1. The molecule has 2 aliphatic heterocycles. The fraction of sp³-hybridized carbons (Fsp3) is 0.452. The Hall–Kier alpha value is -3.63. The third-order valence-corrected chi connectivity index (χ3v) is 9.30. The number of hydrogen-bond donors (Lipinski definition) is 2. The number of piperidine rings is 1. The van der Waals surface area contributed by atoms with E-state index in [-0.39, 0.29) is 23.7 Å². The molecule has 3 fully saturated rings. The maximum absolute atomic E-state index is 14.7. The van der Waals surface area contributed by atoms with E-state index in [0.29, 0.717) is 44.8 Å². The lowest BCUT2D eigenvalue weighted by Gasteiger charge is -2.53. The minimum Gasteiger partial charge on any atom is -0.387 e. The summed E-state index contributed by atoms with van der Waals surface area (Å²) in [5, 5.41) is 15.4. The SMILES string of the molecule is O=C(N1CC[C@@](O)(Cn2cnc(-c3ccccc3)cc2=O)C2(CCCC2)C1)N1CCNC[C@H]1c1ccc(F)cc1F. The molecule has 1 saturated carbocycles. The average molecular weight is 564 g/mol. The van der Waals surface area contributed by atoms with Crippen molar-refractivity contribution in [1.29, 1.82) is 0 Å². The summed E-state index contributed by atoms with van der Waals surface area (Å²) in [4.78, 5) is 35.0. The van der Waals surface area contributed by atoms with Crippen LogP contribution >= 0.6 is 0 Å². The Morgan fingerprint density at radius 1 is 1.05 bits per heavy atom. The molecule has 41 heavy (non-hydrogen) atoms. The van der Waals surface area contributed by atoms with Crippen LogP contribution in [-0.2, 0) is 6.54 Å². The number of likely N-dealkylation sites (tertiary alicyclic amines) is 1. The smallest absolute Gasteiger partial charge is 0.320 e. The Labute approximate surface area is 237 Å². The molecule has 3 aliphatic rings. The third-order valence-electron chi connectivity index (χ3n) is 9.30. The molecule has 0 bridgehead atoms. The summed E-state index contributed by atoms with van der Waals surface area (Å²) >= 11 is 0. The molecule has 2 aromatic carbocycles. The molecular weight excluding hydrogens is 528 g/mol.